The largest absolute Gasteiger partial charge is 0.477 e. The molecule has 0 atom stereocenters. The molecule has 0 aliphatic heterocycles. The highest BCUT2D eigenvalue weighted by atomic mass is 32.2. The molecule has 0 aliphatic rings. The number of nitrogens with one attached hydrogen (secondary N) is 1. The maximum Gasteiger partial charge on any atom is 0.345 e. The molecule has 0 saturated carbocycles. The summed E-state index contributed by atoms with van der Waals surface area (Å²) in [5.41, 5.74) is 0. The average Bonchev–Trinajstić information content (AvgIpc) is 3.05. The summed E-state index contributed by atoms with van der Waals surface area (Å²) < 4.78 is 31.4. The molecule has 2 N–H and O–H groups in total. The number of aromatic nitrogens is 1. The SMILES string of the molecule is CCc1cnc(CNS(=O)(=O)c2ccc(C(=O)O)s2)o1. The van der Waals surface area contributed by atoms with Gasteiger partial charge in [-0.2, -0.15) is 0 Å². The predicted molar refractivity (Wildman–Crippen MR) is 71.2 cm³/mol. The van der Waals surface area contributed by atoms with Gasteiger partial charge in [-0.1, -0.05) is 6.92 Å². The molecule has 0 saturated heterocycles. The fourth-order valence-corrected chi connectivity index (χ4v) is 3.56. The summed E-state index contributed by atoms with van der Waals surface area (Å²) in [7, 11) is -3.76. The second kappa shape index (κ2) is 5.73. The lowest BCUT2D eigenvalue weighted by atomic mass is 10.4. The molecular weight excluding hydrogens is 304 g/mol. The number of hydrogen-bond acceptors (Lipinski definition) is 6. The van der Waals surface area contributed by atoms with Crippen molar-refractivity contribution in [2.24, 2.45) is 0 Å². The molecule has 0 aliphatic carbocycles. The van der Waals surface area contributed by atoms with E-state index >= 15 is 0 Å². The summed E-state index contributed by atoms with van der Waals surface area (Å²) in [5.74, 6) is -0.222. The first-order valence-electron chi connectivity index (χ1n) is 5.68. The molecule has 2 rings (SSSR count). The van der Waals surface area contributed by atoms with Crippen LogP contribution in [0.25, 0.3) is 0 Å². The Morgan fingerprint density at radius 3 is 2.80 bits per heavy atom. The lowest BCUT2D eigenvalue weighted by Crippen LogP contribution is -2.22. The smallest absolute Gasteiger partial charge is 0.345 e. The third kappa shape index (κ3) is 3.24. The van der Waals surface area contributed by atoms with E-state index < -0.39 is 16.0 Å². The van der Waals surface area contributed by atoms with E-state index in [1.807, 2.05) is 6.92 Å². The van der Waals surface area contributed by atoms with Gasteiger partial charge >= 0.3 is 5.97 Å². The fourth-order valence-electron chi connectivity index (χ4n) is 1.40. The van der Waals surface area contributed by atoms with E-state index in [9.17, 15) is 13.2 Å². The van der Waals surface area contributed by atoms with Crippen molar-refractivity contribution in [3.63, 3.8) is 0 Å². The lowest BCUT2D eigenvalue weighted by Gasteiger charge is -2.01. The van der Waals surface area contributed by atoms with Crippen LogP contribution in [0.3, 0.4) is 0 Å². The molecule has 108 valence electrons. The highest BCUT2D eigenvalue weighted by molar-refractivity contribution is 7.91. The minimum Gasteiger partial charge on any atom is -0.477 e. The minimum absolute atomic E-state index is 0.0326. The van der Waals surface area contributed by atoms with Crippen molar-refractivity contribution in [2.45, 2.75) is 24.1 Å². The number of sulfonamides is 1. The Hall–Kier alpha value is -1.71. The van der Waals surface area contributed by atoms with Gasteiger partial charge in [0.05, 0.1) is 12.7 Å². The summed E-state index contributed by atoms with van der Waals surface area (Å²) in [6, 6.07) is 2.51. The average molecular weight is 316 g/mol. The quantitative estimate of drug-likeness (QED) is 0.835. The maximum atomic E-state index is 12.0. The van der Waals surface area contributed by atoms with Crippen LogP contribution >= 0.6 is 11.3 Å². The first kappa shape index (κ1) is 14.7. The van der Waals surface area contributed by atoms with Gasteiger partial charge in [0, 0.05) is 6.42 Å². The number of oxazole rings is 1. The molecule has 2 aromatic heterocycles. The van der Waals surface area contributed by atoms with E-state index in [-0.39, 0.29) is 21.5 Å². The minimum atomic E-state index is -3.76. The number of rotatable bonds is 6. The van der Waals surface area contributed by atoms with E-state index in [0.717, 1.165) is 0 Å². The number of carboxylic acid groups (broad SMARTS) is 1. The van der Waals surface area contributed by atoms with Gasteiger partial charge in [-0.3, -0.25) is 0 Å². The van der Waals surface area contributed by atoms with Crippen LogP contribution in [0.1, 0.15) is 28.2 Å². The maximum absolute atomic E-state index is 12.0. The lowest BCUT2D eigenvalue weighted by molar-refractivity contribution is 0.0702. The Morgan fingerprint density at radius 2 is 2.25 bits per heavy atom. The van der Waals surface area contributed by atoms with E-state index in [0.29, 0.717) is 23.5 Å². The van der Waals surface area contributed by atoms with Gasteiger partial charge < -0.3 is 9.52 Å². The monoisotopic (exact) mass is 316 g/mol. The van der Waals surface area contributed by atoms with E-state index in [2.05, 4.69) is 9.71 Å². The number of aromatic carboxylic acids is 1. The van der Waals surface area contributed by atoms with Gasteiger partial charge in [0.25, 0.3) is 10.0 Å². The van der Waals surface area contributed by atoms with Crippen LogP contribution in [-0.4, -0.2) is 24.5 Å². The first-order chi connectivity index (χ1) is 9.42. The van der Waals surface area contributed by atoms with Gasteiger partial charge in [0.1, 0.15) is 14.8 Å². The summed E-state index contributed by atoms with van der Waals surface area (Å²) >= 11 is 0.692. The van der Waals surface area contributed by atoms with E-state index in [1.165, 1.54) is 18.3 Å². The standard InChI is InChI=1S/C11H12N2O5S2/c1-2-7-5-12-9(18-7)6-13-20(16,17)10-4-3-8(19-10)11(14)15/h3-5,13H,2,6H2,1H3,(H,14,15). The summed E-state index contributed by atoms with van der Waals surface area (Å²) in [6.45, 7) is 1.82. The zero-order valence-corrected chi connectivity index (χ0v) is 12.1. The Balaban J connectivity index is 2.08. The Morgan fingerprint density at radius 1 is 1.50 bits per heavy atom. The predicted octanol–water partition coefficient (Wildman–Crippen LogP) is 1.48. The Labute approximate surface area is 119 Å². The van der Waals surface area contributed by atoms with Gasteiger partial charge in [-0.25, -0.2) is 22.9 Å². The second-order valence-corrected chi connectivity index (χ2v) is 6.90. The zero-order valence-electron chi connectivity index (χ0n) is 10.5. The number of carboxylic acids is 1. The molecule has 2 aromatic rings. The molecule has 2 heterocycles. The van der Waals surface area contributed by atoms with Crippen molar-refractivity contribution in [3.8, 4) is 0 Å². The third-order valence-electron chi connectivity index (χ3n) is 2.42. The van der Waals surface area contributed by atoms with Crippen LogP contribution in [0.5, 0.6) is 0 Å². The molecule has 0 spiro atoms. The zero-order chi connectivity index (χ0) is 14.8. The van der Waals surface area contributed by atoms with Crippen molar-refractivity contribution in [2.75, 3.05) is 0 Å². The van der Waals surface area contributed by atoms with Gasteiger partial charge in [0.2, 0.25) is 5.89 Å². The van der Waals surface area contributed by atoms with Gasteiger partial charge in [0.15, 0.2) is 0 Å². The number of hydrogen-bond donors (Lipinski definition) is 2. The van der Waals surface area contributed by atoms with Crippen LogP contribution in [0, 0.1) is 0 Å². The normalized spacial score (nSPS) is 11.7. The van der Waals surface area contributed by atoms with Crippen LogP contribution in [0.4, 0.5) is 0 Å². The van der Waals surface area contributed by atoms with E-state index in [1.54, 1.807) is 0 Å². The summed E-state index contributed by atoms with van der Waals surface area (Å²) in [5, 5.41) is 8.77. The fraction of sp³-hybridized carbons (Fsp3) is 0.273. The molecule has 0 unspecified atom stereocenters. The molecule has 0 radical (unpaired) electrons. The second-order valence-electron chi connectivity index (χ2n) is 3.82. The number of carbonyl (C=O) groups is 1. The van der Waals surface area contributed by atoms with Gasteiger partial charge in [-0.05, 0) is 12.1 Å². The van der Waals surface area contributed by atoms with Gasteiger partial charge in [-0.15, -0.1) is 11.3 Å². The van der Waals surface area contributed by atoms with Crippen molar-refractivity contribution in [3.05, 3.63) is 34.9 Å². The van der Waals surface area contributed by atoms with Crippen LogP contribution in [-0.2, 0) is 23.0 Å². The van der Waals surface area contributed by atoms with Crippen molar-refractivity contribution in [1.82, 2.24) is 9.71 Å². The molecular formula is C11H12N2O5S2. The molecule has 0 bridgehead atoms. The highest BCUT2D eigenvalue weighted by Crippen LogP contribution is 2.21. The first-order valence-corrected chi connectivity index (χ1v) is 7.98. The molecule has 0 amide bonds. The van der Waals surface area contributed by atoms with Crippen LogP contribution < -0.4 is 4.72 Å². The van der Waals surface area contributed by atoms with Crippen LogP contribution in [0.2, 0.25) is 0 Å². The third-order valence-corrected chi connectivity index (χ3v) is 5.39. The van der Waals surface area contributed by atoms with Crippen molar-refractivity contribution < 1.29 is 22.7 Å². The molecule has 0 aromatic carbocycles. The topological polar surface area (TPSA) is 110 Å². The molecule has 0 fully saturated rings. The molecule has 7 nitrogen and oxygen atoms in total. The number of aryl methyl sites for hydroxylation is 1. The summed E-state index contributed by atoms with van der Waals surface area (Å²) in [6.07, 6.45) is 2.21. The molecule has 9 heteroatoms. The van der Waals surface area contributed by atoms with Crippen LogP contribution in [0.15, 0.2) is 27.0 Å². The summed E-state index contributed by atoms with van der Waals surface area (Å²) in [4.78, 5) is 14.6. The highest BCUT2D eigenvalue weighted by Gasteiger charge is 2.19. The van der Waals surface area contributed by atoms with Crippen molar-refractivity contribution >= 4 is 27.3 Å². The Bertz CT molecular complexity index is 717. The Kier molecular flexibility index (Phi) is 4.21. The van der Waals surface area contributed by atoms with E-state index in [4.69, 9.17) is 9.52 Å². The number of nitrogens with zero attached hydrogens (tertiary/aromatic N) is 1. The number of thiophene rings is 1. The van der Waals surface area contributed by atoms with Crippen molar-refractivity contribution in [1.29, 1.82) is 0 Å². The molecule has 20 heavy (non-hydrogen) atoms.